The highest BCUT2D eigenvalue weighted by Gasteiger charge is 2.23. The van der Waals surface area contributed by atoms with Crippen LogP contribution in [0.1, 0.15) is 49.0 Å². The summed E-state index contributed by atoms with van der Waals surface area (Å²) >= 11 is 0. The number of rotatable bonds is 5. The quantitative estimate of drug-likeness (QED) is 0.780. The van der Waals surface area contributed by atoms with E-state index in [9.17, 15) is 4.79 Å². The van der Waals surface area contributed by atoms with Crippen molar-refractivity contribution in [3.63, 3.8) is 0 Å². The summed E-state index contributed by atoms with van der Waals surface area (Å²) in [7, 11) is 0. The lowest BCUT2D eigenvalue weighted by molar-refractivity contribution is 0.0440. The zero-order valence-electron chi connectivity index (χ0n) is 12.8. The van der Waals surface area contributed by atoms with Crippen LogP contribution in [0.25, 0.3) is 0 Å². The van der Waals surface area contributed by atoms with Gasteiger partial charge >= 0.3 is 0 Å². The van der Waals surface area contributed by atoms with E-state index in [-0.39, 0.29) is 11.9 Å². The summed E-state index contributed by atoms with van der Waals surface area (Å²) in [5.41, 5.74) is 2.14. The first-order valence-corrected chi connectivity index (χ1v) is 7.57. The van der Waals surface area contributed by atoms with E-state index in [4.69, 9.17) is 10.00 Å². The Labute approximate surface area is 126 Å². The summed E-state index contributed by atoms with van der Waals surface area (Å²) in [6.45, 7) is 6.14. The third kappa shape index (κ3) is 3.83. The summed E-state index contributed by atoms with van der Waals surface area (Å²) in [6.07, 6.45) is 3.33. The Kier molecular flexibility index (Phi) is 5.35. The van der Waals surface area contributed by atoms with Gasteiger partial charge in [0.1, 0.15) is 0 Å². The third-order valence-corrected chi connectivity index (χ3v) is 3.78. The molecule has 2 rings (SSSR count). The van der Waals surface area contributed by atoms with Crippen molar-refractivity contribution in [2.45, 2.75) is 39.2 Å². The van der Waals surface area contributed by atoms with Gasteiger partial charge in [0.15, 0.2) is 5.78 Å². The molecule has 0 saturated carbocycles. The number of ketones is 1. The molecule has 112 valence electrons. The minimum absolute atomic E-state index is 0.0334. The number of carbonyl (C=O) groups is 1. The van der Waals surface area contributed by atoms with Crippen LogP contribution in [0.5, 0.6) is 0 Å². The molecule has 0 amide bonds. The molecule has 21 heavy (non-hydrogen) atoms. The van der Waals surface area contributed by atoms with Crippen molar-refractivity contribution in [2.24, 2.45) is 0 Å². The van der Waals surface area contributed by atoms with Crippen LogP contribution in [0.4, 0.5) is 5.69 Å². The van der Waals surface area contributed by atoms with Gasteiger partial charge in [-0.1, -0.05) is 6.92 Å². The minimum atomic E-state index is 0.0334. The second kappa shape index (κ2) is 7.24. The second-order valence-corrected chi connectivity index (χ2v) is 5.48. The van der Waals surface area contributed by atoms with Gasteiger partial charge in [-0.2, -0.15) is 5.26 Å². The van der Waals surface area contributed by atoms with Crippen molar-refractivity contribution in [1.82, 2.24) is 0 Å². The lowest BCUT2D eigenvalue weighted by Crippen LogP contribution is -2.40. The molecule has 1 aliphatic heterocycles. The number of anilines is 1. The van der Waals surface area contributed by atoms with Crippen LogP contribution < -0.4 is 4.90 Å². The molecule has 1 atom stereocenters. The molecule has 1 heterocycles. The molecular weight excluding hydrogens is 264 g/mol. The molecule has 1 aromatic carbocycles. The van der Waals surface area contributed by atoms with Crippen LogP contribution in [0.3, 0.4) is 0 Å². The topological polar surface area (TPSA) is 53.3 Å². The number of ether oxygens (including phenoxy) is 1. The van der Waals surface area contributed by atoms with Gasteiger partial charge in [-0.05, 0) is 44.4 Å². The maximum Gasteiger partial charge on any atom is 0.161 e. The molecule has 0 aliphatic carbocycles. The highest BCUT2D eigenvalue weighted by molar-refractivity contribution is 6.00. The molecule has 1 unspecified atom stereocenters. The molecule has 0 N–H and O–H groups in total. The van der Waals surface area contributed by atoms with E-state index in [1.165, 1.54) is 0 Å². The average Bonchev–Trinajstić information content (AvgIpc) is 2.52. The lowest BCUT2D eigenvalue weighted by atomic mass is 10.0. The highest BCUT2D eigenvalue weighted by atomic mass is 16.5. The van der Waals surface area contributed by atoms with Gasteiger partial charge in [0.25, 0.3) is 0 Å². The number of benzene rings is 1. The Hall–Kier alpha value is -1.86. The molecule has 0 spiro atoms. The summed E-state index contributed by atoms with van der Waals surface area (Å²) in [5.74, 6) is 0.0334. The van der Waals surface area contributed by atoms with Crippen LogP contribution in [0.2, 0.25) is 0 Å². The number of carbonyl (C=O) groups excluding carboxylic acids is 1. The van der Waals surface area contributed by atoms with E-state index in [0.717, 1.165) is 44.6 Å². The van der Waals surface area contributed by atoms with Gasteiger partial charge in [0.2, 0.25) is 0 Å². The number of nitrogens with zero attached hydrogens (tertiary/aromatic N) is 2. The van der Waals surface area contributed by atoms with E-state index >= 15 is 0 Å². The van der Waals surface area contributed by atoms with E-state index in [2.05, 4.69) is 17.9 Å². The van der Waals surface area contributed by atoms with Crippen molar-refractivity contribution < 1.29 is 9.53 Å². The first-order chi connectivity index (χ1) is 10.2. The van der Waals surface area contributed by atoms with Gasteiger partial charge < -0.3 is 9.64 Å². The Morgan fingerprint density at radius 2 is 2.33 bits per heavy atom. The first kappa shape index (κ1) is 15.5. The summed E-state index contributed by atoms with van der Waals surface area (Å²) in [6, 6.07) is 7.43. The third-order valence-electron chi connectivity index (χ3n) is 3.78. The molecule has 1 aromatic rings. The zero-order valence-corrected chi connectivity index (χ0v) is 12.8. The average molecular weight is 286 g/mol. The van der Waals surface area contributed by atoms with Crippen molar-refractivity contribution in [2.75, 3.05) is 24.6 Å². The predicted molar refractivity (Wildman–Crippen MR) is 82.6 cm³/mol. The van der Waals surface area contributed by atoms with E-state index in [1.54, 1.807) is 19.1 Å². The number of piperidine rings is 1. The van der Waals surface area contributed by atoms with Crippen LogP contribution in [0, 0.1) is 11.3 Å². The maximum absolute atomic E-state index is 11.8. The van der Waals surface area contributed by atoms with Gasteiger partial charge in [-0.15, -0.1) is 0 Å². The van der Waals surface area contributed by atoms with Crippen molar-refractivity contribution in [1.29, 1.82) is 5.26 Å². The molecule has 0 radical (unpaired) electrons. The number of hydrogen-bond acceptors (Lipinski definition) is 4. The fraction of sp³-hybridized carbons (Fsp3) is 0.529. The molecule has 1 aliphatic rings. The van der Waals surface area contributed by atoms with Crippen LogP contribution >= 0.6 is 0 Å². The van der Waals surface area contributed by atoms with Gasteiger partial charge in [-0.25, -0.2) is 0 Å². The molecule has 0 aromatic heterocycles. The van der Waals surface area contributed by atoms with Crippen LogP contribution in [-0.2, 0) is 4.74 Å². The largest absolute Gasteiger partial charge is 0.376 e. The van der Waals surface area contributed by atoms with Gasteiger partial charge in [0, 0.05) is 30.9 Å². The fourth-order valence-corrected chi connectivity index (χ4v) is 2.74. The van der Waals surface area contributed by atoms with E-state index in [1.807, 2.05) is 6.07 Å². The fourth-order valence-electron chi connectivity index (χ4n) is 2.74. The van der Waals surface area contributed by atoms with E-state index < -0.39 is 0 Å². The summed E-state index contributed by atoms with van der Waals surface area (Å²) in [5, 5.41) is 9.08. The molecule has 4 nitrogen and oxygen atoms in total. The van der Waals surface area contributed by atoms with Gasteiger partial charge in [0.05, 0.1) is 17.7 Å². The number of nitriles is 1. The van der Waals surface area contributed by atoms with Crippen molar-refractivity contribution >= 4 is 11.5 Å². The standard InChI is InChI=1S/C17H22N2O2/c1-3-9-21-15-5-4-8-19(12-15)17-10-14(11-18)6-7-16(17)13(2)20/h6-7,10,15H,3-5,8-9,12H2,1-2H3. The monoisotopic (exact) mass is 286 g/mol. The Morgan fingerprint density at radius 3 is 3.00 bits per heavy atom. The normalized spacial score (nSPS) is 18.3. The van der Waals surface area contributed by atoms with Crippen LogP contribution in [0.15, 0.2) is 18.2 Å². The summed E-state index contributed by atoms with van der Waals surface area (Å²) in [4.78, 5) is 14.0. The molecular formula is C17H22N2O2. The minimum Gasteiger partial charge on any atom is -0.376 e. The maximum atomic E-state index is 11.8. The predicted octanol–water partition coefficient (Wildman–Crippen LogP) is 3.16. The van der Waals surface area contributed by atoms with Gasteiger partial charge in [-0.3, -0.25) is 4.79 Å². The van der Waals surface area contributed by atoms with Crippen molar-refractivity contribution in [3.05, 3.63) is 29.3 Å². The SMILES string of the molecule is CCCOC1CCCN(c2cc(C#N)ccc2C(C)=O)C1. The Bertz CT molecular complexity index is 548. The van der Waals surface area contributed by atoms with Crippen LogP contribution in [-0.4, -0.2) is 31.6 Å². The molecule has 1 fully saturated rings. The zero-order chi connectivity index (χ0) is 15.2. The molecule has 4 heteroatoms. The number of hydrogen-bond donors (Lipinski definition) is 0. The Morgan fingerprint density at radius 1 is 1.52 bits per heavy atom. The first-order valence-electron chi connectivity index (χ1n) is 7.57. The molecule has 0 bridgehead atoms. The number of Topliss-reactive ketones (excluding diaryl/α,β-unsaturated/α-hetero) is 1. The summed E-state index contributed by atoms with van der Waals surface area (Å²) < 4.78 is 5.85. The second-order valence-electron chi connectivity index (χ2n) is 5.48. The van der Waals surface area contributed by atoms with E-state index in [0.29, 0.717) is 11.1 Å². The molecule has 1 saturated heterocycles. The Balaban J connectivity index is 2.23. The lowest BCUT2D eigenvalue weighted by Gasteiger charge is -2.35. The van der Waals surface area contributed by atoms with Crippen molar-refractivity contribution in [3.8, 4) is 6.07 Å². The smallest absolute Gasteiger partial charge is 0.161 e. The highest BCUT2D eigenvalue weighted by Crippen LogP contribution is 2.27.